The maximum atomic E-state index is 11.5. The highest BCUT2D eigenvalue weighted by Crippen LogP contribution is 2.17. The molecule has 2 nitrogen and oxygen atoms in total. The lowest BCUT2D eigenvalue weighted by atomic mass is 9.95. The van der Waals surface area contributed by atoms with Gasteiger partial charge in [-0.05, 0) is 25.7 Å². The maximum Gasteiger partial charge on any atom is 0.220 e. The summed E-state index contributed by atoms with van der Waals surface area (Å²) < 4.78 is 0. The number of alkyl halides is 1. The van der Waals surface area contributed by atoms with Crippen molar-refractivity contribution < 1.29 is 4.79 Å². The number of unbranched alkanes of at least 4 members (excludes halogenated alkanes) is 1. The standard InChI is InChI=1S/C11H20BrNO/c12-9-5-4-8-11(14)13-10-6-2-1-3-7-10/h10H,1-9H2,(H,13,14). The number of hydrogen-bond donors (Lipinski definition) is 1. The van der Waals surface area contributed by atoms with Crippen LogP contribution in [0, 0.1) is 0 Å². The van der Waals surface area contributed by atoms with Crippen LogP contribution in [0.1, 0.15) is 51.4 Å². The maximum absolute atomic E-state index is 11.5. The molecule has 1 N–H and O–H groups in total. The summed E-state index contributed by atoms with van der Waals surface area (Å²) in [5, 5.41) is 4.13. The van der Waals surface area contributed by atoms with E-state index >= 15 is 0 Å². The lowest BCUT2D eigenvalue weighted by molar-refractivity contribution is -0.122. The predicted octanol–water partition coefficient (Wildman–Crippen LogP) is 3.00. The minimum absolute atomic E-state index is 0.248. The van der Waals surface area contributed by atoms with E-state index in [1.54, 1.807) is 0 Å². The van der Waals surface area contributed by atoms with Gasteiger partial charge in [0.1, 0.15) is 0 Å². The van der Waals surface area contributed by atoms with E-state index in [1.807, 2.05) is 0 Å². The average molecular weight is 262 g/mol. The van der Waals surface area contributed by atoms with Crippen LogP contribution in [-0.4, -0.2) is 17.3 Å². The van der Waals surface area contributed by atoms with E-state index in [9.17, 15) is 4.79 Å². The van der Waals surface area contributed by atoms with Crippen LogP contribution in [0.2, 0.25) is 0 Å². The molecule has 0 spiro atoms. The molecule has 0 radical (unpaired) electrons. The second kappa shape index (κ2) is 7.27. The lowest BCUT2D eigenvalue weighted by Gasteiger charge is -2.22. The summed E-state index contributed by atoms with van der Waals surface area (Å²) in [6.45, 7) is 0. The van der Waals surface area contributed by atoms with Gasteiger partial charge in [0, 0.05) is 17.8 Å². The van der Waals surface area contributed by atoms with Crippen LogP contribution in [0.25, 0.3) is 0 Å². The summed E-state index contributed by atoms with van der Waals surface area (Å²) in [5.41, 5.74) is 0. The van der Waals surface area contributed by atoms with Crippen molar-refractivity contribution in [3.63, 3.8) is 0 Å². The van der Waals surface area contributed by atoms with E-state index in [0.717, 1.165) is 18.2 Å². The molecule has 1 aliphatic rings. The Labute approximate surface area is 95.0 Å². The van der Waals surface area contributed by atoms with Gasteiger partial charge in [-0.25, -0.2) is 0 Å². The Balaban J connectivity index is 2.06. The van der Waals surface area contributed by atoms with Crippen molar-refractivity contribution in [3.05, 3.63) is 0 Å². The predicted molar refractivity (Wildman–Crippen MR) is 62.7 cm³/mol. The first-order chi connectivity index (χ1) is 6.83. The zero-order chi connectivity index (χ0) is 10.2. The van der Waals surface area contributed by atoms with Gasteiger partial charge in [0.05, 0.1) is 0 Å². The molecule has 0 bridgehead atoms. The van der Waals surface area contributed by atoms with E-state index in [1.165, 1.54) is 32.1 Å². The van der Waals surface area contributed by atoms with Gasteiger partial charge in [-0.2, -0.15) is 0 Å². The zero-order valence-electron chi connectivity index (χ0n) is 8.73. The molecule has 0 atom stereocenters. The number of amides is 1. The van der Waals surface area contributed by atoms with Crippen molar-refractivity contribution >= 4 is 21.8 Å². The Hall–Kier alpha value is -0.0500. The van der Waals surface area contributed by atoms with Crippen molar-refractivity contribution in [3.8, 4) is 0 Å². The first-order valence-electron chi connectivity index (χ1n) is 5.68. The van der Waals surface area contributed by atoms with E-state index in [-0.39, 0.29) is 5.91 Å². The quantitative estimate of drug-likeness (QED) is 0.599. The number of nitrogens with one attached hydrogen (secondary N) is 1. The minimum Gasteiger partial charge on any atom is -0.353 e. The fraction of sp³-hybridized carbons (Fsp3) is 0.909. The third kappa shape index (κ3) is 4.99. The molecule has 1 rings (SSSR count). The molecular formula is C11H20BrNO. The Morgan fingerprint density at radius 1 is 1.21 bits per heavy atom. The van der Waals surface area contributed by atoms with Gasteiger partial charge in [-0.1, -0.05) is 35.2 Å². The molecule has 1 amide bonds. The SMILES string of the molecule is O=C(CCCCBr)NC1CCCCC1. The molecule has 0 aliphatic heterocycles. The fourth-order valence-electron chi connectivity index (χ4n) is 1.93. The third-order valence-corrected chi connectivity index (χ3v) is 3.32. The highest BCUT2D eigenvalue weighted by Gasteiger charge is 2.14. The molecule has 0 unspecified atom stereocenters. The van der Waals surface area contributed by atoms with Gasteiger partial charge in [-0.15, -0.1) is 0 Å². The highest BCUT2D eigenvalue weighted by molar-refractivity contribution is 9.09. The van der Waals surface area contributed by atoms with Crippen LogP contribution in [0.3, 0.4) is 0 Å². The van der Waals surface area contributed by atoms with Gasteiger partial charge in [-0.3, -0.25) is 4.79 Å². The molecule has 0 saturated heterocycles. The Morgan fingerprint density at radius 3 is 2.57 bits per heavy atom. The highest BCUT2D eigenvalue weighted by atomic mass is 79.9. The van der Waals surface area contributed by atoms with Crippen LogP contribution >= 0.6 is 15.9 Å². The fourth-order valence-corrected chi connectivity index (χ4v) is 2.32. The molecule has 1 fully saturated rings. The molecule has 0 aromatic rings. The van der Waals surface area contributed by atoms with E-state index < -0.39 is 0 Å². The molecule has 3 heteroatoms. The molecule has 0 aromatic heterocycles. The van der Waals surface area contributed by atoms with Crippen molar-refractivity contribution in [2.45, 2.75) is 57.4 Å². The van der Waals surface area contributed by atoms with Crippen LogP contribution < -0.4 is 5.32 Å². The average Bonchev–Trinajstić information content (AvgIpc) is 2.20. The molecule has 0 heterocycles. The molecule has 1 saturated carbocycles. The monoisotopic (exact) mass is 261 g/mol. The number of halogens is 1. The van der Waals surface area contributed by atoms with Crippen LogP contribution in [0.5, 0.6) is 0 Å². The van der Waals surface area contributed by atoms with E-state index in [0.29, 0.717) is 12.5 Å². The Morgan fingerprint density at radius 2 is 1.93 bits per heavy atom. The van der Waals surface area contributed by atoms with E-state index in [4.69, 9.17) is 0 Å². The van der Waals surface area contributed by atoms with Crippen molar-refractivity contribution in [2.24, 2.45) is 0 Å². The molecular weight excluding hydrogens is 242 g/mol. The summed E-state index contributed by atoms with van der Waals surface area (Å²) in [6.07, 6.45) is 9.08. The van der Waals surface area contributed by atoms with Gasteiger partial charge in [0.25, 0.3) is 0 Å². The van der Waals surface area contributed by atoms with Gasteiger partial charge >= 0.3 is 0 Å². The van der Waals surface area contributed by atoms with Crippen molar-refractivity contribution in [2.75, 3.05) is 5.33 Å². The summed E-state index contributed by atoms with van der Waals surface area (Å²) >= 11 is 3.37. The minimum atomic E-state index is 0.248. The van der Waals surface area contributed by atoms with Crippen LogP contribution in [-0.2, 0) is 4.79 Å². The normalized spacial score (nSPS) is 18.1. The third-order valence-electron chi connectivity index (χ3n) is 2.76. The van der Waals surface area contributed by atoms with Crippen molar-refractivity contribution in [1.82, 2.24) is 5.32 Å². The summed E-state index contributed by atoms with van der Waals surface area (Å²) in [6, 6.07) is 0.472. The van der Waals surface area contributed by atoms with E-state index in [2.05, 4.69) is 21.2 Å². The molecule has 0 aromatic carbocycles. The second-order valence-corrected chi connectivity index (χ2v) is 4.84. The number of carbonyl (C=O) groups is 1. The number of rotatable bonds is 5. The van der Waals surface area contributed by atoms with Crippen molar-refractivity contribution in [1.29, 1.82) is 0 Å². The largest absolute Gasteiger partial charge is 0.353 e. The number of carbonyl (C=O) groups excluding carboxylic acids is 1. The molecule has 82 valence electrons. The lowest BCUT2D eigenvalue weighted by Crippen LogP contribution is -2.35. The first-order valence-corrected chi connectivity index (χ1v) is 6.80. The topological polar surface area (TPSA) is 29.1 Å². The van der Waals surface area contributed by atoms with Gasteiger partial charge in [0.2, 0.25) is 5.91 Å². The first kappa shape index (κ1) is 12.0. The molecule has 1 aliphatic carbocycles. The Kier molecular flexibility index (Phi) is 6.24. The van der Waals surface area contributed by atoms with Gasteiger partial charge in [0.15, 0.2) is 0 Å². The summed E-state index contributed by atoms with van der Waals surface area (Å²) in [7, 11) is 0. The summed E-state index contributed by atoms with van der Waals surface area (Å²) in [5.74, 6) is 0.248. The second-order valence-electron chi connectivity index (χ2n) is 4.05. The molecule has 14 heavy (non-hydrogen) atoms. The zero-order valence-corrected chi connectivity index (χ0v) is 10.3. The summed E-state index contributed by atoms with van der Waals surface area (Å²) in [4.78, 5) is 11.5. The van der Waals surface area contributed by atoms with Gasteiger partial charge < -0.3 is 5.32 Å². The Bertz CT molecular complexity index is 167. The number of hydrogen-bond acceptors (Lipinski definition) is 1. The van der Waals surface area contributed by atoms with Crippen LogP contribution in [0.4, 0.5) is 0 Å². The van der Waals surface area contributed by atoms with Crippen LogP contribution in [0.15, 0.2) is 0 Å². The smallest absolute Gasteiger partial charge is 0.220 e.